The first kappa shape index (κ1) is 13.5. The summed E-state index contributed by atoms with van der Waals surface area (Å²) in [6.45, 7) is 3.86. The fourth-order valence-corrected chi connectivity index (χ4v) is 2.09. The summed E-state index contributed by atoms with van der Waals surface area (Å²) in [6, 6.07) is 5.38. The molecule has 0 aliphatic rings. The van der Waals surface area contributed by atoms with Gasteiger partial charge in [0.15, 0.2) is 0 Å². The molecule has 0 radical (unpaired) electrons. The van der Waals surface area contributed by atoms with Gasteiger partial charge in [-0.15, -0.1) is 0 Å². The van der Waals surface area contributed by atoms with E-state index in [1.54, 1.807) is 18.3 Å². The van der Waals surface area contributed by atoms with E-state index >= 15 is 0 Å². The van der Waals surface area contributed by atoms with Crippen LogP contribution in [0.3, 0.4) is 0 Å². The van der Waals surface area contributed by atoms with E-state index in [1.807, 2.05) is 19.9 Å². The number of aromatic amines is 1. The molecule has 0 unspecified atom stereocenters. The van der Waals surface area contributed by atoms with Gasteiger partial charge < -0.3 is 10.4 Å². The number of carbonyl (C=O) groups is 1. The SMILES string of the molecule is CCC(CC)(CO)NC(=O)c1ccc2[nH]ncc2c1. The van der Waals surface area contributed by atoms with E-state index in [9.17, 15) is 9.90 Å². The lowest BCUT2D eigenvalue weighted by Gasteiger charge is -2.30. The van der Waals surface area contributed by atoms with Crippen LogP contribution in [0.4, 0.5) is 0 Å². The predicted molar refractivity (Wildman–Crippen MR) is 74.0 cm³/mol. The number of hydrogen-bond acceptors (Lipinski definition) is 3. The van der Waals surface area contributed by atoms with Crippen LogP contribution < -0.4 is 5.32 Å². The molecule has 5 heteroatoms. The fraction of sp³-hybridized carbons (Fsp3) is 0.429. The molecule has 0 spiro atoms. The molecule has 0 aliphatic carbocycles. The van der Waals surface area contributed by atoms with Crippen molar-refractivity contribution in [3.8, 4) is 0 Å². The van der Waals surface area contributed by atoms with Crippen molar-refractivity contribution in [2.45, 2.75) is 32.2 Å². The third-order valence-corrected chi connectivity index (χ3v) is 3.74. The third kappa shape index (κ3) is 2.61. The van der Waals surface area contributed by atoms with E-state index in [2.05, 4.69) is 15.5 Å². The van der Waals surface area contributed by atoms with Gasteiger partial charge in [0.05, 0.1) is 23.9 Å². The third-order valence-electron chi connectivity index (χ3n) is 3.74. The number of nitrogens with zero attached hydrogens (tertiary/aromatic N) is 1. The molecule has 1 heterocycles. The number of carbonyl (C=O) groups excluding carboxylic acids is 1. The van der Waals surface area contributed by atoms with Gasteiger partial charge in [-0.05, 0) is 31.0 Å². The van der Waals surface area contributed by atoms with Gasteiger partial charge in [0.2, 0.25) is 0 Å². The molecule has 0 aliphatic heterocycles. The summed E-state index contributed by atoms with van der Waals surface area (Å²) in [5.74, 6) is -0.166. The summed E-state index contributed by atoms with van der Waals surface area (Å²) in [5, 5.41) is 20.1. The average Bonchev–Trinajstić information content (AvgIpc) is 2.92. The molecule has 3 N–H and O–H groups in total. The number of aliphatic hydroxyl groups is 1. The summed E-state index contributed by atoms with van der Waals surface area (Å²) in [6.07, 6.45) is 3.07. The van der Waals surface area contributed by atoms with E-state index in [0.29, 0.717) is 18.4 Å². The van der Waals surface area contributed by atoms with Gasteiger partial charge in [-0.25, -0.2) is 0 Å². The van der Waals surface area contributed by atoms with Gasteiger partial charge in [0.1, 0.15) is 0 Å². The molecule has 19 heavy (non-hydrogen) atoms. The summed E-state index contributed by atoms with van der Waals surface area (Å²) in [5.41, 5.74) is 0.937. The summed E-state index contributed by atoms with van der Waals surface area (Å²) >= 11 is 0. The summed E-state index contributed by atoms with van der Waals surface area (Å²) in [7, 11) is 0. The predicted octanol–water partition coefficient (Wildman–Crippen LogP) is 1.84. The van der Waals surface area contributed by atoms with E-state index < -0.39 is 5.54 Å². The molecule has 102 valence electrons. The minimum Gasteiger partial charge on any atom is -0.394 e. The maximum atomic E-state index is 12.2. The molecule has 0 saturated carbocycles. The molecule has 0 atom stereocenters. The Bertz CT molecular complexity index is 565. The van der Waals surface area contributed by atoms with Gasteiger partial charge in [0.25, 0.3) is 5.91 Å². The zero-order valence-electron chi connectivity index (χ0n) is 11.2. The summed E-state index contributed by atoms with van der Waals surface area (Å²) < 4.78 is 0. The lowest BCUT2D eigenvalue weighted by Crippen LogP contribution is -2.50. The van der Waals surface area contributed by atoms with Crippen molar-refractivity contribution in [2.24, 2.45) is 0 Å². The van der Waals surface area contributed by atoms with Crippen molar-refractivity contribution >= 4 is 16.8 Å². The van der Waals surface area contributed by atoms with Gasteiger partial charge >= 0.3 is 0 Å². The van der Waals surface area contributed by atoms with E-state index in [4.69, 9.17) is 0 Å². The van der Waals surface area contributed by atoms with E-state index in [0.717, 1.165) is 10.9 Å². The first-order valence-electron chi connectivity index (χ1n) is 6.50. The molecule has 1 aromatic heterocycles. The highest BCUT2D eigenvalue weighted by Gasteiger charge is 2.27. The summed E-state index contributed by atoms with van der Waals surface area (Å²) in [4.78, 5) is 12.2. The van der Waals surface area contributed by atoms with Crippen LogP contribution in [0.2, 0.25) is 0 Å². The molecule has 0 saturated heterocycles. The Hall–Kier alpha value is -1.88. The van der Waals surface area contributed by atoms with Crippen LogP contribution >= 0.6 is 0 Å². The molecular formula is C14H19N3O2. The van der Waals surface area contributed by atoms with Crippen LogP contribution in [0.15, 0.2) is 24.4 Å². The highest BCUT2D eigenvalue weighted by Crippen LogP contribution is 2.17. The van der Waals surface area contributed by atoms with Crippen molar-refractivity contribution in [1.82, 2.24) is 15.5 Å². The molecular weight excluding hydrogens is 242 g/mol. The second kappa shape index (κ2) is 5.40. The molecule has 0 fully saturated rings. The Morgan fingerprint density at radius 3 is 2.79 bits per heavy atom. The van der Waals surface area contributed by atoms with Crippen molar-refractivity contribution in [3.05, 3.63) is 30.0 Å². The first-order valence-corrected chi connectivity index (χ1v) is 6.50. The van der Waals surface area contributed by atoms with E-state index in [1.165, 1.54) is 0 Å². The van der Waals surface area contributed by atoms with Crippen LogP contribution in [0.1, 0.15) is 37.0 Å². The Morgan fingerprint density at radius 2 is 2.16 bits per heavy atom. The van der Waals surface area contributed by atoms with Crippen LogP contribution in [0.25, 0.3) is 10.9 Å². The maximum Gasteiger partial charge on any atom is 0.251 e. The van der Waals surface area contributed by atoms with Crippen LogP contribution in [-0.2, 0) is 0 Å². The number of H-pyrrole nitrogens is 1. The molecule has 0 bridgehead atoms. The second-order valence-corrected chi connectivity index (χ2v) is 4.77. The quantitative estimate of drug-likeness (QED) is 0.768. The van der Waals surface area contributed by atoms with E-state index in [-0.39, 0.29) is 12.5 Å². The maximum absolute atomic E-state index is 12.2. The first-order chi connectivity index (χ1) is 9.14. The van der Waals surface area contributed by atoms with Crippen LogP contribution in [-0.4, -0.2) is 33.4 Å². The van der Waals surface area contributed by atoms with Crippen LogP contribution in [0, 0.1) is 0 Å². The standard InChI is InChI=1S/C14H19N3O2/c1-3-14(4-2,9-18)16-13(19)10-5-6-12-11(7-10)8-15-17-12/h5-8,18H,3-4,9H2,1-2H3,(H,15,17)(H,16,19). The lowest BCUT2D eigenvalue weighted by molar-refractivity contribution is 0.0818. The minimum atomic E-state index is -0.539. The van der Waals surface area contributed by atoms with Gasteiger partial charge in [-0.3, -0.25) is 9.89 Å². The molecule has 1 aromatic carbocycles. The number of nitrogens with one attached hydrogen (secondary N) is 2. The monoisotopic (exact) mass is 261 g/mol. The van der Waals surface area contributed by atoms with Crippen molar-refractivity contribution in [2.75, 3.05) is 6.61 Å². The number of benzene rings is 1. The second-order valence-electron chi connectivity index (χ2n) is 4.77. The van der Waals surface area contributed by atoms with Crippen molar-refractivity contribution in [3.63, 3.8) is 0 Å². The molecule has 2 rings (SSSR count). The Labute approximate surface area is 112 Å². The lowest BCUT2D eigenvalue weighted by atomic mass is 9.93. The van der Waals surface area contributed by atoms with Gasteiger partial charge in [-0.2, -0.15) is 5.10 Å². The molecule has 1 amide bonds. The highest BCUT2D eigenvalue weighted by atomic mass is 16.3. The number of hydrogen-bond donors (Lipinski definition) is 3. The Morgan fingerprint density at radius 1 is 1.42 bits per heavy atom. The largest absolute Gasteiger partial charge is 0.394 e. The minimum absolute atomic E-state index is 0.0559. The topological polar surface area (TPSA) is 78.0 Å². The number of aromatic nitrogens is 2. The van der Waals surface area contributed by atoms with Crippen molar-refractivity contribution in [1.29, 1.82) is 0 Å². The number of fused-ring (bicyclic) bond motifs is 1. The highest BCUT2D eigenvalue weighted by molar-refractivity contribution is 5.98. The van der Waals surface area contributed by atoms with Gasteiger partial charge in [-0.1, -0.05) is 13.8 Å². The number of aliphatic hydroxyl groups excluding tert-OH is 1. The van der Waals surface area contributed by atoms with Crippen molar-refractivity contribution < 1.29 is 9.90 Å². The molecule has 5 nitrogen and oxygen atoms in total. The average molecular weight is 261 g/mol. The van der Waals surface area contributed by atoms with Crippen LogP contribution in [0.5, 0.6) is 0 Å². The zero-order chi connectivity index (χ0) is 13.9. The zero-order valence-corrected chi connectivity index (χ0v) is 11.2. The Balaban J connectivity index is 2.23. The Kier molecular flexibility index (Phi) is 3.85. The number of rotatable bonds is 5. The normalized spacial score (nSPS) is 11.7. The smallest absolute Gasteiger partial charge is 0.251 e. The fourth-order valence-electron chi connectivity index (χ4n) is 2.09. The number of amides is 1. The van der Waals surface area contributed by atoms with Gasteiger partial charge in [0, 0.05) is 10.9 Å². The molecule has 2 aromatic rings.